The van der Waals surface area contributed by atoms with Crippen LogP contribution in [0.1, 0.15) is 17.4 Å². The predicted octanol–water partition coefficient (Wildman–Crippen LogP) is 3.75. The lowest BCUT2D eigenvalue weighted by Crippen LogP contribution is -2.38. The first-order valence-electron chi connectivity index (χ1n) is 10.8. The molecule has 12 heteroatoms. The zero-order chi connectivity index (χ0) is 23.9. The molecule has 4 aromatic heterocycles. The summed E-state index contributed by atoms with van der Waals surface area (Å²) in [5.74, 6) is 2.37. The maximum Gasteiger partial charge on any atom is 0.323 e. The van der Waals surface area contributed by atoms with Gasteiger partial charge in [-0.3, -0.25) is 14.4 Å². The number of pyridine rings is 1. The third-order valence-corrected chi connectivity index (χ3v) is 6.07. The van der Waals surface area contributed by atoms with Crippen molar-refractivity contribution in [3.8, 4) is 11.3 Å². The van der Waals surface area contributed by atoms with Crippen LogP contribution in [-0.2, 0) is 6.42 Å². The second kappa shape index (κ2) is 8.37. The first-order chi connectivity index (χ1) is 17.0. The molecule has 2 amide bonds. The van der Waals surface area contributed by atoms with Crippen LogP contribution >= 0.6 is 11.6 Å². The van der Waals surface area contributed by atoms with Gasteiger partial charge < -0.3 is 10.6 Å². The van der Waals surface area contributed by atoms with Crippen molar-refractivity contribution >= 4 is 40.9 Å². The van der Waals surface area contributed by atoms with Crippen LogP contribution in [0.4, 0.5) is 22.4 Å². The average Bonchev–Trinajstić information content (AvgIpc) is 3.52. The van der Waals surface area contributed by atoms with Crippen LogP contribution < -0.4 is 15.5 Å². The van der Waals surface area contributed by atoms with E-state index in [4.69, 9.17) is 11.6 Å². The van der Waals surface area contributed by atoms with Gasteiger partial charge in [0, 0.05) is 36.3 Å². The number of carbonyl (C=O) groups is 1. The molecule has 1 aliphatic heterocycles. The zero-order valence-electron chi connectivity index (χ0n) is 18.5. The molecule has 0 fully saturated rings. The number of rotatable bonds is 5. The molecule has 1 atom stereocenters. The lowest BCUT2D eigenvalue weighted by molar-refractivity contribution is 0.244. The maximum absolute atomic E-state index is 13.0. The number of amides is 2. The van der Waals surface area contributed by atoms with Gasteiger partial charge in [0.25, 0.3) is 0 Å². The molecule has 1 aliphatic rings. The van der Waals surface area contributed by atoms with Gasteiger partial charge in [0.2, 0.25) is 5.95 Å². The van der Waals surface area contributed by atoms with Gasteiger partial charge in [0.1, 0.15) is 11.6 Å². The Morgan fingerprint density at radius 3 is 2.74 bits per heavy atom. The third kappa shape index (κ3) is 3.91. The molecule has 5 heterocycles. The number of hydrogen-bond donors (Lipinski definition) is 3. The van der Waals surface area contributed by atoms with Crippen LogP contribution in [0.5, 0.6) is 0 Å². The van der Waals surface area contributed by atoms with Crippen molar-refractivity contribution < 1.29 is 4.79 Å². The van der Waals surface area contributed by atoms with Crippen molar-refractivity contribution in [3.05, 3.63) is 77.3 Å². The molecule has 1 unspecified atom stereocenters. The summed E-state index contributed by atoms with van der Waals surface area (Å²) in [5.41, 5.74) is 3.08. The van der Waals surface area contributed by atoms with Crippen LogP contribution in [0, 0.1) is 0 Å². The number of aromatic amines is 1. The molecule has 0 bridgehead atoms. The van der Waals surface area contributed by atoms with Gasteiger partial charge in [-0.25, -0.2) is 14.8 Å². The number of aromatic nitrogens is 7. The second-order valence-corrected chi connectivity index (χ2v) is 8.54. The highest BCUT2D eigenvalue weighted by atomic mass is 35.5. The van der Waals surface area contributed by atoms with E-state index in [-0.39, 0.29) is 12.1 Å². The topological polar surface area (TPSA) is 129 Å². The molecule has 0 radical (unpaired) electrons. The van der Waals surface area contributed by atoms with E-state index < -0.39 is 0 Å². The number of nitrogens with zero attached hydrogens (tertiary/aromatic N) is 7. The Balaban J connectivity index is 1.40. The average molecular weight is 487 g/mol. The maximum atomic E-state index is 13.0. The Kier molecular flexibility index (Phi) is 5.03. The van der Waals surface area contributed by atoms with Crippen LogP contribution in [0.15, 0.2) is 60.9 Å². The number of hydrogen-bond acceptors (Lipinski definition) is 7. The molecule has 174 valence electrons. The molecular formula is C23H19ClN10O. The second-order valence-electron chi connectivity index (χ2n) is 8.11. The summed E-state index contributed by atoms with van der Waals surface area (Å²) >= 11 is 6.03. The molecule has 35 heavy (non-hydrogen) atoms. The summed E-state index contributed by atoms with van der Waals surface area (Å²) in [4.78, 5) is 23.5. The van der Waals surface area contributed by atoms with Crippen LogP contribution in [0.2, 0.25) is 5.02 Å². The Labute approximate surface area is 204 Å². The normalized spacial score (nSPS) is 15.2. The first kappa shape index (κ1) is 21.1. The fraction of sp³-hybridized carbons (Fsp3) is 0.130. The highest BCUT2D eigenvalue weighted by Gasteiger charge is 2.30. The van der Waals surface area contributed by atoms with E-state index in [0.29, 0.717) is 46.2 Å². The largest absolute Gasteiger partial charge is 0.327 e. The van der Waals surface area contributed by atoms with Crippen molar-refractivity contribution in [1.82, 2.24) is 40.1 Å². The summed E-state index contributed by atoms with van der Waals surface area (Å²) in [6, 6.07) is 14.3. The van der Waals surface area contributed by atoms with Crippen molar-refractivity contribution in [2.45, 2.75) is 12.5 Å². The molecule has 0 saturated carbocycles. The van der Waals surface area contributed by atoms with Gasteiger partial charge in [-0.05, 0) is 35.9 Å². The molecule has 11 nitrogen and oxygen atoms in total. The summed E-state index contributed by atoms with van der Waals surface area (Å²) < 4.78 is 1.90. The Morgan fingerprint density at radius 2 is 1.94 bits per heavy atom. The van der Waals surface area contributed by atoms with Gasteiger partial charge in [0.15, 0.2) is 11.5 Å². The summed E-state index contributed by atoms with van der Waals surface area (Å²) in [6.07, 6.45) is 3.85. The standard InChI is InChI=1S/C23H19ClN10O/c1-33-20-12-14(16-6-8-25-22(27-16)29-18-7-9-26-30-18)11-19-31-32-21(34(19)20)17(28-23(33)35)10-13-2-4-15(24)5-3-13/h2-9,11-12,17H,10H2,1H3,(H,28,35)(H2,25,26,27,29,30). The summed E-state index contributed by atoms with van der Waals surface area (Å²) in [7, 11) is 1.72. The molecule has 1 aromatic carbocycles. The predicted molar refractivity (Wildman–Crippen MR) is 131 cm³/mol. The molecule has 5 aromatic rings. The van der Waals surface area contributed by atoms with Crippen LogP contribution in [0.25, 0.3) is 16.9 Å². The van der Waals surface area contributed by atoms with Gasteiger partial charge in [-0.2, -0.15) is 5.10 Å². The lowest BCUT2D eigenvalue weighted by Gasteiger charge is -2.18. The highest BCUT2D eigenvalue weighted by molar-refractivity contribution is 6.30. The van der Waals surface area contributed by atoms with Gasteiger partial charge in [0.05, 0.1) is 17.9 Å². The number of H-pyrrole nitrogens is 1. The molecule has 0 saturated heterocycles. The van der Waals surface area contributed by atoms with Gasteiger partial charge in [-0.15, -0.1) is 10.2 Å². The molecule has 6 rings (SSSR count). The fourth-order valence-corrected chi connectivity index (χ4v) is 4.21. The van der Waals surface area contributed by atoms with Crippen molar-refractivity contribution in [2.24, 2.45) is 0 Å². The SMILES string of the molecule is CN1C(=O)NC(Cc2ccc(Cl)cc2)c2nnc3cc(-c4ccnc(Nc5ccn[nH]5)n4)cc1n23. The fourth-order valence-electron chi connectivity index (χ4n) is 4.08. The highest BCUT2D eigenvalue weighted by Crippen LogP contribution is 2.31. The number of carbonyl (C=O) groups excluding carboxylic acids is 1. The van der Waals surface area contributed by atoms with Gasteiger partial charge >= 0.3 is 6.03 Å². The minimum absolute atomic E-state index is 0.239. The molecule has 0 spiro atoms. The van der Waals surface area contributed by atoms with Crippen molar-refractivity contribution in [1.29, 1.82) is 0 Å². The first-order valence-corrected chi connectivity index (χ1v) is 11.2. The third-order valence-electron chi connectivity index (χ3n) is 5.82. The minimum Gasteiger partial charge on any atom is -0.327 e. The Morgan fingerprint density at radius 1 is 1.09 bits per heavy atom. The smallest absolute Gasteiger partial charge is 0.323 e. The van der Waals surface area contributed by atoms with E-state index in [1.165, 1.54) is 0 Å². The summed E-state index contributed by atoms with van der Waals surface area (Å²) in [6.45, 7) is 0. The number of nitrogens with one attached hydrogen (secondary N) is 3. The zero-order valence-corrected chi connectivity index (χ0v) is 19.2. The summed E-state index contributed by atoms with van der Waals surface area (Å²) in [5, 5.41) is 22.4. The molecule has 0 aliphatic carbocycles. The molecular weight excluding hydrogens is 468 g/mol. The van der Waals surface area contributed by atoms with E-state index in [9.17, 15) is 4.79 Å². The Hall–Kier alpha value is -4.51. The van der Waals surface area contributed by atoms with E-state index in [0.717, 1.165) is 11.1 Å². The number of anilines is 3. The monoisotopic (exact) mass is 486 g/mol. The van der Waals surface area contributed by atoms with Crippen molar-refractivity contribution in [2.75, 3.05) is 17.3 Å². The van der Waals surface area contributed by atoms with Crippen molar-refractivity contribution in [3.63, 3.8) is 0 Å². The minimum atomic E-state index is -0.363. The van der Waals surface area contributed by atoms with Crippen LogP contribution in [0.3, 0.4) is 0 Å². The Bertz CT molecular complexity index is 1530. The number of halogens is 1. The van der Waals surface area contributed by atoms with E-state index in [2.05, 4.69) is 41.0 Å². The lowest BCUT2D eigenvalue weighted by atomic mass is 10.1. The van der Waals surface area contributed by atoms with E-state index in [1.54, 1.807) is 36.5 Å². The van der Waals surface area contributed by atoms with E-state index in [1.807, 2.05) is 40.8 Å². The van der Waals surface area contributed by atoms with Gasteiger partial charge in [-0.1, -0.05) is 23.7 Å². The molecule has 3 N–H and O–H groups in total. The van der Waals surface area contributed by atoms with Crippen LogP contribution in [-0.4, -0.2) is 47.8 Å². The quantitative estimate of drug-likeness (QED) is 0.345. The van der Waals surface area contributed by atoms with E-state index >= 15 is 0 Å². The number of benzene rings is 1. The number of urea groups is 1.